The highest BCUT2D eigenvalue weighted by Gasteiger charge is 2.54. The summed E-state index contributed by atoms with van der Waals surface area (Å²) in [5, 5.41) is 0.186. The Morgan fingerprint density at radius 1 is 1.50 bits per heavy atom. The molecule has 0 radical (unpaired) electrons. The highest BCUT2D eigenvalue weighted by molar-refractivity contribution is 8.00. The quantitative estimate of drug-likeness (QED) is 0.543. The molecule has 0 aromatic carbocycles. The summed E-state index contributed by atoms with van der Waals surface area (Å²) in [5.41, 5.74) is 0. The number of hydrogen-bond acceptors (Lipinski definition) is 5. The summed E-state index contributed by atoms with van der Waals surface area (Å²) in [5.74, 6) is 0.281. The predicted molar refractivity (Wildman–Crippen MR) is 53.1 cm³/mol. The molecule has 2 saturated heterocycles. The van der Waals surface area contributed by atoms with E-state index >= 15 is 0 Å². The second-order valence-electron chi connectivity index (χ2n) is 3.18. The third kappa shape index (κ3) is 1.33. The fourth-order valence-electron chi connectivity index (χ4n) is 1.74. The van der Waals surface area contributed by atoms with Gasteiger partial charge in [-0.2, -0.15) is 0 Å². The fourth-order valence-corrected chi connectivity index (χ4v) is 5.29. The molecule has 0 aromatic rings. The first-order valence-corrected chi connectivity index (χ1v) is 6.92. The first-order chi connectivity index (χ1) is 6.62. The summed E-state index contributed by atoms with van der Waals surface area (Å²) < 4.78 is 21.8. The van der Waals surface area contributed by atoms with Crippen LogP contribution in [-0.4, -0.2) is 41.9 Å². The maximum atomic E-state index is 12.0. The van der Waals surface area contributed by atoms with Crippen molar-refractivity contribution in [3.8, 4) is 0 Å². The molecule has 7 heteroatoms. The van der Waals surface area contributed by atoms with E-state index < -0.39 is 13.4 Å². The van der Waals surface area contributed by atoms with Gasteiger partial charge in [0, 0.05) is 20.0 Å². The topological polar surface area (TPSA) is 55.8 Å². The highest BCUT2D eigenvalue weighted by atomic mass is 32.2. The number of rotatable bonds is 3. The van der Waals surface area contributed by atoms with Crippen LogP contribution < -0.4 is 0 Å². The zero-order valence-corrected chi connectivity index (χ0v) is 9.72. The van der Waals surface area contributed by atoms with Gasteiger partial charge in [0.2, 0.25) is 5.91 Å². The van der Waals surface area contributed by atoms with Crippen LogP contribution in [0.4, 0.5) is 0 Å². The Kier molecular flexibility index (Phi) is 2.64. The number of β-lactam (4-membered cyclic amide) rings is 1. The van der Waals surface area contributed by atoms with E-state index in [0.29, 0.717) is 12.2 Å². The van der Waals surface area contributed by atoms with Crippen LogP contribution in [0.3, 0.4) is 0 Å². The van der Waals surface area contributed by atoms with Gasteiger partial charge in [0.25, 0.3) is 0 Å². The van der Waals surface area contributed by atoms with Gasteiger partial charge < -0.3 is 13.9 Å². The van der Waals surface area contributed by atoms with E-state index in [4.69, 9.17) is 9.05 Å². The number of thioether (sulfide) groups is 1. The fraction of sp³-hybridized carbons (Fsp3) is 0.857. The van der Waals surface area contributed by atoms with E-state index in [2.05, 4.69) is 0 Å². The molecule has 14 heavy (non-hydrogen) atoms. The Morgan fingerprint density at radius 2 is 2.14 bits per heavy atom. The number of amides is 1. The molecule has 0 bridgehead atoms. The van der Waals surface area contributed by atoms with Gasteiger partial charge in [-0.1, -0.05) is 0 Å². The van der Waals surface area contributed by atoms with Crippen molar-refractivity contribution < 1.29 is 18.4 Å². The third-order valence-electron chi connectivity index (χ3n) is 2.58. The monoisotopic (exact) mass is 237 g/mol. The normalized spacial score (nSPS) is 31.6. The molecule has 2 fully saturated rings. The lowest BCUT2D eigenvalue weighted by Gasteiger charge is -2.38. The average molecular weight is 237 g/mol. The Morgan fingerprint density at radius 3 is 2.64 bits per heavy atom. The van der Waals surface area contributed by atoms with Crippen molar-refractivity contribution in [2.75, 3.05) is 20.0 Å². The van der Waals surface area contributed by atoms with Crippen molar-refractivity contribution in [1.29, 1.82) is 0 Å². The maximum Gasteiger partial charge on any atom is 0.353 e. The highest BCUT2D eigenvalue weighted by Crippen LogP contribution is 2.59. The molecule has 0 N–H and O–H groups in total. The summed E-state index contributed by atoms with van der Waals surface area (Å²) in [6, 6.07) is 0. The van der Waals surface area contributed by atoms with E-state index in [1.165, 1.54) is 14.2 Å². The van der Waals surface area contributed by atoms with Gasteiger partial charge in [-0.05, 0) is 0 Å². The largest absolute Gasteiger partial charge is 0.353 e. The molecule has 0 aromatic heterocycles. The van der Waals surface area contributed by atoms with Crippen LogP contribution >= 0.6 is 19.4 Å². The molecule has 2 rings (SSSR count). The van der Waals surface area contributed by atoms with E-state index in [1.54, 1.807) is 16.7 Å². The Labute approximate surface area is 86.7 Å². The van der Waals surface area contributed by atoms with Crippen LogP contribution in [0, 0.1) is 0 Å². The molecule has 0 spiro atoms. The standard InChI is InChI=1S/C7H12NO4PS/c1-11-13(10,12-2)6-4-14-7-3-5(9)8(6)7/h6-7H,3-4H2,1-2H3/t6?,7-/m0/s1. The third-order valence-corrected chi connectivity index (χ3v) is 6.29. The molecule has 1 unspecified atom stereocenters. The van der Waals surface area contributed by atoms with Crippen LogP contribution in [0.5, 0.6) is 0 Å². The van der Waals surface area contributed by atoms with E-state index in [1.807, 2.05) is 0 Å². The lowest BCUT2D eigenvalue weighted by atomic mass is 10.2. The van der Waals surface area contributed by atoms with Crippen LogP contribution in [0.1, 0.15) is 6.42 Å². The minimum Gasteiger partial charge on any atom is -0.315 e. The Bertz CT molecular complexity index is 302. The molecule has 1 amide bonds. The van der Waals surface area contributed by atoms with Crippen molar-refractivity contribution in [2.24, 2.45) is 0 Å². The van der Waals surface area contributed by atoms with Crippen molar-refractivity contribution in [3.05, 3.63) is 0 Å². The number of carbonyl (C=O) groups excluding carboxylic acids is 1. The summed E-state index contributed by atoms with van der Waals surface area (Å²) >= 11 is 1.63. The van der Waals surface area contributed by atoms with Gasteiger partial charge >= 0.3 is 7.60 Å². The molecule has 5 nitrogen and oxygen atoms in total. The van der Waals surface area contributed by atoms with Gasteiger partial charge in [0.15, 0.2) is 0 Å². The second kappa shape index (κ2) is 3.52. The molecular weight excluding hydrogens is 225 g/mol. The van der Waals surface area contributed by atoms with Gasteiger partial charge in [0.1, 0.15) is 5.78 Å². The Balaban J connectivity index is 2.19. The van der Waals surface area contributed by atoms with Gasteiger partial charge in [-0.15, -0.1) is 11.8 Å². The zero-order chi connectivity index (χ0) is 10.3. The summed E-state index contributed by atoms with van der Waals surface area (Å²) in [6.45, 7) is 0. The van der Waals surface area contributed by atoms with Crippen LogP contribution in [0.25, 0.3) is 0 Å². The first kappa shape index (κ1) is 10.5. The minimum absolute atomic E-state index is 0.0410. The summed E-state index contributed by atoms with van der Waals surface area (Å²) in [6.07, 6.45) is 0.550. The molecule has 0 saturated carbocycles. The Hall–Kier alpha value is -0.0300. The molecular formula is C7H12NO4PS. The van der Waals surface area contributed by atoms with Crippen LogP contribution in [-0.2, 0) is 18.4 Å². The lowest BCUT2D eigenvalue weighted by Crippen LogP contribution is -2.51. The van der Waals surface area contributed by atoms with Gasteiger partial charge in [-0.3, -0.25) is 9.36 Å². The summed E-state index contributed by atoms with van der Waals surface area (Å²) in [4.78, 5) is 12.9. The van der Waals surface area contributed by atoms with Gasteiger partial charge in [-0.25, -0.2) is 0 Å². The number of fused-ring (bicyclic) bond motifs is 1. The van der Waals surface area contributed by atoms with Crippen LogP contribution in [0.15, 0.2) is 0 Å². The summed E-state index contributed by atoms with van der Waals surface area (Å²) in [7, 11) is -0.417. The molecule has 2 atom stereocenters. The van der Waals surface area contributed by atoms with Crippen molar-refractivity contribution in [1.82, 2.24) is 4.90 Å². The predicted octanol–water partition coefficient (Wildman–Crippen LogP) is 1.10. The second-order valence-corrected chi connectivity index (χ2v) is 6.80. The van der Waals surface area contributed by atoms with Crippen molar-refractivity contribution in [2.45, 2.75) is 17.6 Å². The van der Waals surface area contributed by atoms with Crippen molar-refractivity contribution >= 4 is 25.3 Å². The molecule has 80 valence electrons. The SMILES string of the molecule is COP(=O)(OC)C1CS[C@H]2CC(=O)N12. The number of hydrogen-bond donors (Lipinski definition) is 0. The average Bonchev–Trinajstić information content (AvgIpc) is 2.54. The lowest BCUT2D eigenvalue weighted by molar-refractivity contribution is -0.141. The molecule has 2 aliphatic rings. The smallest absolute Gasteiger partial charge is 0.315 e. The first-order valence-electron chi connectivity index (χ1n) is 4.26. The molecule has 2 aliphatic heterocycles. The zero-order valence-electron chi connectivity index (χ0n) is 8.00. The van der Waals surface area contributed by atoms with Gasteiger partial charge in [0.05, 0.1) is 11.8 Å². The minimum atomic E-state index is -3.12. The van der Waals surface area contributed by atoms with Crippen LogP contribution in [0.2, 0.25) is 0 Å². The maximum absolute atomic E-state index is 12.0. The number of nitrogens with zero attached hydrogens (tertiary/aromatic N) is 1. The molecule has 2 heterocycles. The van der Waals surface area contributed by atoms with Crippen molar-refractivity contribution in [3.63, 3.8) is 0 Å². The van der Waals surface area contributed by atoms with E-state index in [-0.39, 0.29) is 11.3 Å². The van der Waals surface area contributed by atoms with E-state index in [0.717, 1.165) is 0 Å². The molecule has 0 aliphatic carbocycles. The number of carbonyl (C=O) groups is 1. The van der Waals surface area contributed by atoms with E-state index in [9.17, 15) is 9.36 Å².